The van der Waals surface area contributed by atoms with Gasteiger partial charge in [0.25, 0.3) is 0 Å². The van der Waals surface area contributed by atoms with E-state index in [4.69, 9.17) is 29.9 Å². The quantitative estimate of drug-likeness (QED) is 0.0800. The van der Waals surface area contributed by atoms with E-state index in [0.29, 0.717) is 0 Å². The van der Waals surface area contributed by atoms with Gasteiger partial charge in [-0.05, 0) is 298 Å². The number of allylic oxidation sites excluding steroid dienone is 8. The van der Waals surface area contributed by atoms with Crippen molar-refractivity contribution in [2.45, 2.75) is 267 Å². The minimum absolute atomic E-state index is 0.0823. The van der Waals surface area contributed by atoms with E-state index < -0.39 is 0 Å². The van der Waals surface area contributed by atoms with Gasteiger partial charge in [0.1, 0.15) is 0 Å². The summed E-state index contributed by atoms with van der Waals surface area (Å²) in [5.74, 6) is 0. The highest BCUT2D eigenvalue weighted by atomic mass is 14.8. The summed E-state index contributed by atoms with van der Waals surface area (Å²) >= 11 is 0. The standard InChI is InChI=1S/C116H128N10/c1-29-81-61(9)103-99(104-62(10)82(30-2)92(120-104)58-96-86(34-6)66(14)108(124-96)101(107-65(13)85(33-5)95(123-107)57-91(81)119-103)75-51-77(113(17,18)19)55-78(52-75)114(20,21)22)71-41-37-69(38-42-71)89-49-47-73-45-46-74-48-50-90(118-112(74)111(73)117-89)70-39-43-72(44-40-70)100-105-63(11)83(31-3)93(121-105)59-97-87(35-7)67(15)109(125-97)102(76-53-79(115(23,24)25)56-80(54-76)116(26,27)28)110-68(16)88(36-8)98(126-110)60-94-84(32-4)64(12)106(100)122-94/h37-60,119,121,124,126H,29-36H2,1-28H3. The molecule has 0 aliphatic carbocycles. The maximum Gasteiger partial charge on any atom is 0.0972 e. The summed E-state index contributed by atoms with van der Waals surface area (Å²) in [4.78, 5) is 51.1. The molecule has 0 unspecified atom stereocenters. The number of pyridine rings is 2. The van der Waals surface area contributed by atoms with Crippen LogP contribution in [-0.4, -0.2) is 49.8 Å². The van der Waals surface area contributed by atoms with Gasteiger partial charge in [0.15, 0.2) is 0 Å². The average Bonchev–Trinajstić information content (AvgIpc) is 1.59. The van der Waals surface area contributed by atoms with E-state index in [0.717, 1.165) is 219 Å². The lowest BCUT2D eigenvalue weighted by molar-refractivity contribution is 0.568. The molecular weight excluding hydrogens is 1530 g/mol. The highest BCUT2D eigenvalue weighted by Crippen LogP contribution is 2.50. The van der Waals surface area contributed by atoms with E-state index in [-0.39, 0.29) is 21.7 Å². The fraction of sp³-hybridized carbons (Fsp3) is 0.345. The van der Waals surface area contributed by atoms with E-state index in [9.17, 15) is 0 Å². The number of hydrogen-bond donors (Lipinski definition) is 4. The van der Waals surface area contributed by atoms with Crippen LogP contribution in [-0.2, 0) is 47.3 Å². The molecule has 5 aromatic carbocycles. The second-order valence-electron chi connectivity index (χ2n) is 40.1. The third kappa shape index (κ3) is 14.7. The number of aryl methyl sites for hydroxylation is 8. The molecule has 13 aromatic rings. The van der Waals surface area contributed by atoms with Crippen LogP contribution in [0.1, 0.15) is 304 Å². The van der Waals surface area contributed by atoms with Gasteiger partial charge in [-0.15, -0.1) is 0 Å². The molecule has 0 atom stereocenters. The summed E-state index contributed by atoms with van der Waals surface area (Å²) in [5, 5.41) is 2.06. The van der Waals surface area contributed by atoms with E-state index >= 15 is 0 Å². The zero-order valence-electron chi connectivity index (χ0n) is 80.2. The van der Waals surface area contributed by atoms with Gasteiger partial charge < -0.3 is 19.9 Å². The molecule has 17 rings (SSSR count). The first-order valence-electron chi connectivity index (χ1n) is 46.6. The van der Waals surface area contributed by atoms with Gasteiger partial charge in [-0.3, -0.25) is 0 Å². The molecule has 0 saturated carbocycles. The SMILES string of the molecule is CCC1=C(C)c2nc1cc1[nH]c(c(C)c1CC)c(-c1ccc(-c3ccc4ccc5ccc(-c6ccc(-c7c8nc(cc9[nH]c(c(C)c9CC)c(-c9cc(C(C)(C)C)cc(C(C)(C)C)c9)c9nc(cc%10[nH]c7c(C)c%10CC)C(CC)=C9C)C(CC)=C8C)cc6)nc5c4n3)cc1)c1nc(cc3[nH]c(c(C)c3CC)c2-c2cc(C(C)(C)C)cc(C(C)(C)C)c2)C(CC)=C1C. The molecule has 642 valence electrons. The minimum Gasteiger partial charge on any atom is -0.354 e. The van der Waals surface area contributed by atoms with Crippen molar-refractivity contribution in [2.75, 3.05) is 0 Å². The zero-order valence-corrected chi connectivity index (χ0v) is 80.2. The van der Waals surface area contributed by atoms with Crippen LogP contribution in [0.5, 0.6) is 0 Å². The van der Waals surface area contributed by atoms with Gasteiger partial charge in [0, 0.05) is 66.2 Å². The molecule has 12 heterocycles. The molecular formula is C116H128N10. The van der Waals surface area contributed by atoms with Gasteiger partial charge in [0.2, 0.25) is 0 Å². The summed E-state index contributed by atoms with van der Waals surface area (Å²) in [6.07, 6.45) is 6.71. The fourth-order valence-electron chi connectivity index (χ4n) is 20.7. The Morgan fingerprint density at radius 1 is 0.230 bits per heavy atom. The van der Waals surface area contributed by atoms with Crippen molar-refractivity contribution in [2.24, 2.45) is 0 Å². The van der Waals surface area contributed by atoms with E-state index in [1.54, 1.807) is 0 Å². The third-order valence-corrected chi connectivity index (χ3v) is 28.3. The van der Waals surface area contributed by atoms with Crippen molar-refractivity contribution in [3.8, 4) is 67.0 Å². The monoisotopic (exact) mass is 1660 g/mol. The maximum atomic E-state index is 5.85. The van der Waals surface area contributed by atoms with Crippen LogP contribution in [0, 0.1) is 27.7 Å². The first kappa shape index (κ1) is 86.2. The predicted octanol–water partition coefficient (Wildman–Crippen LogP) is 32.1. The Bertz CT molecular complexity index is 6750. The maximum absolute atomic E-state index is 5.85. The summed E-state index contributed by atoms with van der Waals surface area (Å²) in [6.45, 7) is 64.6. The van der Waals surface area contributed by atoms with Gasteiger partial charge in [0.05, 0.1) is 90.0 Å². The van der Waals surface area contributed by atoms with Crippen LogP contribution >= 0.6 is 0 Å². The van der Waals surface area contributed by atoms with Crippen LogP contribution < -0.4 is 0 Å². The summed E-state index contributed by atoms with van der Waals surface area (Å²) in [6, 6.07) is 55.2. The lowest BCUT2D eigenvalue weighted by atomic mass is 9.78. The Hall–Kier alpha value is -11.9. The molecule has 0 radical (unpaired) electrons. The average molecular weight is 1660 g/mol. The number of aromatic nitrogens is 10. The summed E-state index contributed by atoms with van der Waals surface area (Å²) in [7, 11) is 0. The molecule has 16 bridgehead atoms. The van der Waals surface area contributed by atoms with Crippen LogP contribution in [0.15, 0.2) is 146 Å². The molecule has 8 aromatic heterocycles. The largest absolute Gasteiger partial charge is 0.354 e. The van der Waals surface area contributed by atoms with Gasteiger partial charge >= 0.3 is 0 Å². The van der Waals surface area contributed by atoms with Crippen molar-refractivity contribution in [3.63, 3.8) is 0 Å². The molecule has 4 aliphatic rings. The summed E-state index contributed by atoms with van der Waals surface area (Å²) in [5.41, 5.74) is 56.0. The fourth-order valence-corrected chi connectivity index (χ4v) is 20.7. The van der Waals surface area contributed by atoms with Crippen molar-refractivity contribution in [3.05, 3.63) is 258 Å². The predicted molar refractivity (Wildman–Crippen MR) is 541 cm³/mol. The number of nitrogens with one attached hydrogen (secondary N) is 4. The minimum atomic E-state index is -0.0823. The zero-order chi connectivity index (χ0) is 89.7. The molecule has 0 spiro atoms. The van der Waals surface area contributed by atoms with Crippen molar-refractivity contribution in [1.82, 2.24) is 49.8 Å². The Morgan fingerprint density at radius 2 is 0.452 bits per heavy atom. The van der Waals surface area contributed by atoms with Crippen LogP contribution in [0.25, 0.3) is 178 Å². The van der Waals surface area contributed by atoms with Crippen LogP contribution in [0.2, 0.25) is 0 Å². The third-order valence-electron chi connectivity index (χ3n) is 28.3. The molecule has 4 aliphatic heterocycles. The first-order chi connectivity index (χ1) is 59.9. The Balaban J connectivity index is 0.793. The Kier molecular flexibility index (Phi) is 22.0. The number of rotatable bonds is 14. The number of hydrogen-bond acceptors (Lipinski definition) is 6. The highest BCUT2D eigenvalue weighted by Gasteiger charge is 2.33. The van der Waals surface area contributed by atoms with Crippen molar-refractivity contribution >= 4 is 111 Å². The number of H-pyrrole nitrogens is 4. The normalized spacial score (nSPS) is 13.7. The van der Waals surface area contributed by atoms with Gasteiger partial charge in [-0.2, -0.15) is 0 Å². The van der Waals surface area contributed by atoms with Crippen molar-refractivity contribution < 1.29 is 0 Å². The van der Waals surface area contributed by atoms with E-state index in [1.165, 1.54) is 122 Å². The molecule has 126 heavy (non-hydrogen) atoms. The van der Waals surface area contributed by atoms with Crippen molar-refractivity contribution in [1.29, 1.82) is 0 Å². The lowest BCUT2D eigenvalue weighted by Crippen LogP contribution is -2.16. The van der Waals surface area contributed by atoms with Crippen LogP contribution in [0.3, 0.4) is 0 Å². The second-order valence-corrected chi connectivity index (χ2v) is 40.1. The molecule has 0 amide bonds. The first-order valence-corrected chi connectivity index (χ1v) is 46.6. The number of benzene rings is 5. The highest BCUT2D eigenvalue weighted by molar-refractivity contribution is 6.08. The molecule has 10 nitrogen and oxygen atoms in total. The second kappa shape index (κ2) is 32.2. The number of fused-ring (bicyclic) bond motifs is 19. The number of aromatic amines is 4. The van der Waals surface area contributed by atoms with E-state index in [2.05, 4.69) is 359 Å². The Morgan fingerprint density at radius 3 is 0.675 bits per heavy atom. The molecule has 4 N–H and O–H groups in total. The molecule has 0 fully saturated rings. The lowest BCUT2D eigenvalue weighted by Gasteiger charge is -2.26. The Labute approximate surface area is 747 Å². The van der Waals surface area contributed by atoms with Gasteiger partial charge in [-0.1, -0.05) is 248 Å². The topological polar surface area (TPSA) is 140 Å². The smallest absolute Gasteiger partial charge is 0.0972 e. The molecule has 10 heteroatoms. The van der Waals surface area contributed by atoms with Gasteiger partial charge in [-0.25, -0.2) is 29.9 Å². The summed E-state index contributed by atoms with van der Waals surface area (Å²) < 4.78 is 0. The number of nitrogens with zero attached hydrogens (tertiary/aromatic N) is 6. The van der Waals surface area contributed by atoms with Crippen LogP contribution in [0.4, 0.5) is 0 Å². The van der Waals surface area contributed by atoms with E-state index in [1.807, 2.05) is 0 Å². The molecule has 0 saturated heterocycles.